The summed E-state index contributed by atoms with van der Waals surface area (Å²) in [6.07, 6.45) is 1.11. The van der Waals surface area contributed by atoms with Crippen molar-refractivity contribution in [3.05, 3.63) is 28.2 Å². The van der Waals surface area contributed by atoms with Gasteiger partial charge in [-0.3, -0.25) is 0 Å². The van der Waals surface area contributed by atoms with Gasteiger partial charge in [0.2, 0.25) is 0 Å². The van der Waals surface area contributed by atoms with Crippen molar-refractivity contribution in [3.8, 4) is 0 Å². The molecule has 1 aliphatic rings. The van der Waals surface area contributed by atoms with E-state index >= 15 is 0 Å². The molecule has 4 heteroatoms. The highest BCUT2D eigenvalue weighted by Gasteiger charge is 2.14. The first-order valence-corrected chi connectivity index (χ1v) is 7.24. The average molecular weight is 313 g/mol. The molecule has 2 rings (SSSR count). The van der Waals surface area contributed by atoms with E-state index in [-0.39, 0.29) is 0 Å². The summed E-state index contributed by atoms with van der Waals surface area (Å²) in [4.78, 5) is 2.32. The van der Waals surface area contributed by atoms with Crippen molar-refractivity contribution in [3.63, 3.8) is 0 Å². The summed E-state index contributed by atoms with van der Waals surface area (Å²) in [5.41, 5.74) is 2.61. The maximum absolute atomic E-state index is 5.47. The van der Waals surface area contributed by atoms with Crippen molar-refractivity contribution < 1.29 is 4.74 Å². The van der Waals surface area contributed by atoms with E-state index in [2.05, 4.69) is 58.3 Å². The van der Waals surface area contributed by atoms with E-state index in [1.54, 1.807) is 0 Å². The van der Waals surface area contributed by atoms with Gasteiger partial charge < -0.3 is 15.0 Å². The molecule has 1 saturated heterocycles. The second kappa shape index (κ2) is 6.55. The van der Waals surface area contributed by atoms with Crippen LogP contribution >= 0.6 is 15.9 Å². The van der Waals surface area contributed by atoms with E-state index in [4.69, 9.17) is 4.74 Å². The number of hydrogen-bond acceptors (Lipinski definition) is 3. The molecule has 1 N–H and O–H groups in total. The lowest BCUT2D eigenvalue weighted by Gasteiger charge is -2.27. The number of benzene rings is 1. The van der Waals surface area contributed by atoms with Crippen molar-refractivity contribution in [1.29, 1.82) is 0 Å². The van der Waals surface area contributed by atoms with Gasteiger partial charge in [-0.1, -0.05) is 22.0 Å². The lowest BCUT2D eigenvalue weighted by atomic mass is 10.1. The molecular formula is C14H21BrN2O. The lowest BCUT2D eigenvalue weighted by molar-refractivity contribution is 0.0749. The molecule has 0 aliphatic carbocycles. The Morgan fingerprint density at radius 1 is 1.50 bits per heavy atom. The standard InChI is InChI=1S/C14H21BrN2O/c1-11-3-4-12(15)9-14(11)17(2)7-5-13-10-18-8-6-16-13/h3-4,9,13,16H,5-8,10H2,1-2H3. The number of morpholine rings is 1. The molecule has 18 heavy (non-hydrogen) atoms. The van der Waals surface area contributed by atoms with Crippen LogP contribution in [0.25, 0.3) is 0 Å². The average Bonchev–Trinajstić information content (AvgIpc) is 2.40. The molecular weight excluding hydrogens is 292 g/mol. The summed E-state index contributed by atoms with van der Waals surface area (Å²) in [6, 6.07) is 6.91. The number of halogens is 1. The maximum Gasteiger partial charge on any atom is 0.0620 e. The molecule has 0 spiro atoms. The van der Waals surface area contributed by atoms with E-state index in [1.165, 1.54) is 11.3 Å². The van der Waals surface area contributed by atoms with Crippen LogP contribution in [0.3, 0.4) is 0 Å². The highest BCUT2D eigenvalue weighted by molar-refractivity contribution is 9.10. The molecule has 1 fully saturated rings. The summed E-state index contributed by atoms with van der Waals surface area (Å²) in [5, 5.41) is 3.49. The van der Waals surface area contributed by atoms with Gasteiger partial charge in [-0.15, -0.1) is 0 Å². The van der Waals surface area contributed by atoms with Crippen molar-refractivity contribution in [2.45, 2.75) is 19.4 Å². The Labute approximate surface area is 118 Å². The van der Waals surface area contributed by atoms with E-state index in [9.17, 15) is 0 Å². The molecule has 3 nitrogen and oxygen atoms in total. The summed E-state index contributed by atoms with van der Waals surface area (Å²) < 4.78 is 6.61. The topological polar surface area (TPSA) is 24.5 Å². The van der Waals surface area contributed by atoms with Crippen LogP contribution < -0.4 is 10.2 Å². The zero-order valence-corrected chi connectivity index (χ0v) is 12.7. The van der Waals surface area contributed by atoms with Crippen LogP contribution in [-0.2, 0) is 4.74 Å². The predicted molar refractivity (Wildman–Crippen MR) is 79.4 cm³/mol. The number of hydrogen-bond donors (Lipinski definition) is 1. The molecule has 1 aromatic rings. The van der Waals surface area contributed by atoms with Crippen LogP contribution in [0.1, 0.15) is 12.0 Å². The SMILES string of the molecule is Cc1ccc(Br)cc1N(C)CCC1COCCN1. The lowest BCUT2D eigenvalue weighted by Crippen LogP contribution is -2.43. The van der Waals surface area contributed by atoms with Crippen LogP contribution in [0.5, 0.6) is 0 Å². The normalized spacial score (nSPS) is 19.8. The quantitative estimate of drug-likeness (QED) is 0.925. The molecule has 0 aromatic heterocycles. The summed E-state index contributed by atoms with van der Waals surface area (Å²) in [6.45, 7) is 5.85. The third-order valence-corrected chi connectivity index (χ3v) is 3.89. The minimum absolute atomic E-state index is 0.494. The molecule has 1 atom stereocenters. The van der Waals surface area contributed by atoms with Crippen molar-refractivity contribution in [2.24, 2.45) is 0 Å². The van der Waals surface area contributed by atoms with E-state index in [1.807, 2.05) is 0 Å². The number of aryl methyl sites for hydroxylation is 1. The van der Waals surface area contributed by atoms with Crippen LogP contribution in [0.2, 0.25) is 0 Å². The third kappa shape index (κ3) is 3.70. The van der Waals surface area contributed by atoms with Gasteiger partial charge in [0.25, 0.3) is 0 Å². The van der Waals surface area contributed by atoms with E-state index in [0.29, 0.717) is 6.04 Å². The molecule has 1 heterocycles. The fourth-order valence-electron chi connectivity index (χ4n) is 2.27. The molecule has 1 aliphatic heterocycles. The molecule has 0 amide bonds. The van der Waals surface area contributed by atoms with Crippen molar-refractivity contribution in [2.75, 3.05) is 38.3 Å². The Bertz CT molecular complexity index is 391. The molecule has 1 unspecified atom stereocenters. The molecule has 0 bridgehead atoms. The summed E-state index contributed by atoms with van der Waals surface area (Å²) in [7, 11) is 2.15. The monoisotopic (exact) mass is 312 g/mol. The second-order valence-electron chi connectivity index (χ2n) is 4.87. The Kier molecular flexibility index (Phi) is 5.03. The van der Waals surface area contributed by atoms with Crippen molar-refractivity contribution in [1.82, 2.24) is 5.32 Å². The highest BCUT2D eigenvalue weighted by atomic mass is 79.9. The van der Waals surface area contributed by atoms with Gasteiger partial charge in [0.1, 0.15) is 0 Å². The second-order valence-corrected chi connectivity index (χ2v) is 5.78. The van der Waals surface area contributed by atoms with Gasteiger partial charge in [0, 0.05) is 36.3 Å². The van der Waals surface area contributed by atoms with Crippen molar-refractivity contribution >= 4 is 21.6 Å². The number of nitrogens with zero attached hydrogens (tertiary/aromatic N) is 1. The van der Waals surface area contributed by atoms with Gasteiger partial charge in [-0.25, -0.2) is 0 Å². The number of ether oxygens (including phenoxy) is 1. The first-order valence-electron chi connectivity index (χ1n) is 6.45. The van der Waals surface area contributed by atoms with Gasteiger partial charge in [0.05, 0.1) is 13.2 Å². The fraction of sp³-hybridized carbons (Fsp3) is 0.571. The third-order valence-electron chi connectivity index (χ3n) is 3.39. The Morgan fingerprint density at radius 2 is 2.33 bits per heavy atom. The van der Waals surface area contributed by atoms with E-state index in [0.717, 1.165) is 37.2 Å². The van der Waals surface area contributed by atoms with Crippen LogP contribution in [0.15, 0.2) is 22.7 Å². The van der Waals surface area contributed by atoms with Gasteiger partial charge in [-0.05, 0) is 31.0 Å². The fourth-order valence-corrected chi connectivity index (χ4v) is 2.62. The Morgan fingerprint density at radius 3 is 3.06 bits per heavy atom. The number of anilines is 1. The highest BCUT2D eigenvalue weighted by Crippen LogP contribution is 2.23. The minimum Gasteiger partial charge on any atom is -0.379 e. The zero-order chi connectivity index (χ0) is 13.0. The Balaban J connectivity index is 1.90. The number of nitrogens with one attached hydrogen (secondary N) is 1. The maximum atomic E-state index is 5.47. The van der Waals surface area contributed by atoms with E-state index < -0.39 is 0 Å². The van der Waals surface area contributed by atoms with Crippen LogP contribution in [0.4, 0.5) is 5.69 Å². The minimum atomic E-state index is 0.494. The van der Waals surface area contributed by atoms with Gasteiger partial charge >= 0.3 is 0 Å². The van der Waals surface area contributed by atoms with Crippen LogP contribution in [-0.4, -0.2) is 39.4 Å². The summed E-state index contributed by atoms with van der Waals surface area (Å²) >= 11 is 3.53. The first kappa shape index (κ1) is 13.8. The van der Waals surface area contributed by atoms with Gasteiger partial charge in [0.15, 0.2) is 0 Å². The molecule has 100 valence electrons. The molecule has 0 saturated carbocycles. The first-order chi connectivity index (χ1) is 8.66. The predicted octanol–water partition coefficient (Wildman–Crippen LogP) is 2.57. The van der Waals surface area contributed by atoms with Gasteiger partial charge in [-0.2, -0.15) is 0 Å². The summed E-state index contributed by atoms with van der Waals surface area (Å²) in [5.74, 6) is 0. The number of rotatable bonds is 4. The van der Waals surface area contributed by atoms with Crippen LogP contribution in [0, 0.1) is 6.92 Å². The molecule has 0 radical (unpaired) electrons. The smallest absolute Gasteiger partial charge is 0.0620 e. The Hall–Kier alpha value is -0.580. The largest absolute Gasteiger partial charge is 0.379 e. The zero-order valence-electron chi connectivity index (χ0n) is 11.1. The molecule has 1 aromatic carbocycles.